The van der Waals surface area contributed by atoms with E-state index in [2.05, 4.69) is 4.98 Å². The molecule has 1 fully saturated rings. The lowest BCUT2D eigenvalue weighted by Crippen LogP contribution is -2.38. The fourth-order valence-electron chi connectivity index (χ4n) is 2.81. The number of alkyl halides is 3. The summed E-state index contributed by atoms with van der Waals surface area (Å²) in [6.45, 7) is 2.03. The van der Waals surface area contributed by atoms with Crippen LogP contribution in [0.4, 0.5) is 19.0 Å². The lowest BCUT2D eigenvalue weighted by atomic mass is 10.3. The average Bonchev–Trinajstić information content (AvgIpc) is 2.72. The highest BCUT2D eigenvalue weighted by atomic mass is 19.4. The normalized spacial score (nSPS) is 16.7. The number of halogens is 3. The fourth-order valence-corrected chi connectivity index (χ4v) is 2.81. The van der Waals surface area contributed by atoms with Gasteiger partial charge in [-0.25, -0.2) is 0 Å². The van der Waals surface area contributed by atoms with E-state index in [1.807, 2.05) is 0 Å². The van der Waals surface area contributed by atoms with Gasteiger partial charge in [0.1, 0.15) is 6.20 Å². The Bertz CT molecular complexity index is 632. The molecule has 2 rings (SSSR count). The molecule has 1 aliphatic heterocycles. The number of imidazole rings is 1. The Labute approximate surface area is 142 Å². The van der Waals surface area contributed by atoms with Crippen molar-refractivity contribution in [2.24, 2.45) is 0 Å². The van der Waals surface area contributed by atoms with Crippen LogP contribution in [0.1, 0.15) is 18.7 Å². The summed E-state index contributed by atoms with van der Waals surface area (Å²) in [6, 6.07) is 0. The SMILES string of the molecule is Cc1nc([N+](=O)[O-])cn1CCC(=O)N1CCCN(CC(F)(F)F)CC1. The first-order valence-corrected chi connectivity index (χ1v) is 7.91. The molecule has 0 N–H and O–H groups in total. The number of carbonyl (C=O) groups excluding carboxylic acids is 1. The summed E-state index contributed by atoms with van der Waals surface area (Å²) in [5.74, 6) is -0.0150. The van der Waals surface area contributed by atoms with Crippen molar-refractivity contribution in [3.05, 3.63) is 22.1 Å². The molecular formula is C14H20F3N5O3. The van der Waals surface area contributed by atoms with Gasteiger partial charge in [0, 0.05) is 46.1 Å². The molecule has 11 heteroatoms. The highest BCUT2D eigenvalue weighted by Crippen LogP contribution is 2.18. The third-order valence-electron chi connectivity index (χ3n) is 4.06. The van der Waals surface area contributed by atoms with Crippen molar-refractivity contribution < 1.29 is 22.9 Å². The van der Waals surface area contributed by atoms with Gasteiger partial charge >= 0.3 is 12.0 Å². The molecule has 1 saturated heterocycles. The highest BCUT2D eigenvalue weighted by Gasteiger charge is 2.31. The Kier molecular flexibility index (Phi) is 5.98. The van der Waals surface area contributed by atoms with Gasteiger partial charge in [-0.05, 0) is 16.3 Å². The monoisotopic (exact) mass is 363 g/mol. The minimum atomic E-state index is -4.24. The van der Waals surface area contributed by atoms with Crippen molar-refractivity contribution in [3.8, 4) is 0 Å². The second kappa shape index (κ2) is 7.81. The molecule has 0 atom stereocenters. The van der Waals surface area contributed by atoms with Crippen molar-refractivity contribution in [1.82, 2.24) is 19.4 Å². The van der Waals surface area contributed by atoms with Crippen molar-refractivity contribution >= 4 is 11.7 Å². The summed E-state index contributed by atoms with van der Waals surface area (Å²) < 4.78 is 38.9. The number of nitro groups is 1. The molecule has 2 heterocycles. The topological polar surface area (TPSA) is 84.5 Å². The van der Waals surface area contributed by atoms with Crippen LogP contribution in [0.25, 0.3) is 0 Å². The second-order valence-corrected chi connectivity index (χ2v) is 5.97. The predicted molar refractivity (Wildman–Crippen MR) is 81.9 cm³/mol. The molecule has 0 saturated carbocycles. The smallest absolute Gasteiger partial charge is 0.358 e. The maximum Gasteiger partial charge on any atom is 0.401 e. The maximum atomic E-state index is 12.5. The van der Waals surface area contributed by atoms with E-state index >= 15 is 0 Å². The van der Waals surface area contributed by atoms with Crippen LogP contribution in [0.2, 0.25) is 0 Å². The molecule has 1 amide bonds. The predicted octanol–water partition coefficient (Wildman–Crippen LogP) is 1.59. The van der Waals surface area contributed by atoms with Gasteiger partial charge in [-0.3, -0.25) is 9.69 Å². The zero-order valence-electron chi connectivity index (χ0n) is 13.8. The molecule has 0 aliphatic carbocycles. The van der Waals surface area contributed by atoms with Crippen LogP contribution in [-0.2, 0) is 11.3 Å². The highest BCUT2D eigenvalue weighted by molar-refractivity contribution is 5.76. The number of carbonyl (C=O) groups is 1. The molecule has 8 nitrogen and oxygen atoms in total. The Morgan fingerprint density at radius 2 is 2.04 bits per heavy atom. The van der Waals surface area contributed by atoms with Crippen molar-refractivity contribution in [3.63, 3.8) is 0 Å². The molecular weight excluding hydrogens is 343 g/mol. The summed E-state index contributed by atoms with van der Waals surface area (Å²) in [7, 11) is 0. The lowest BCUT2D eigenvalue weighted by Gasteiger charge is -2.22. The van der Waals surface area contributed by atoms with Crippen LogP contribution in [-0.4, -0.2) is 69.1 Å². The lowest BCUT2D eigenvalue weighted by molar-refractivity contribution is -0.389. The third kappa shape index (κ3) is 5.69. The number of nitrogens with zero attached hydrogens (tertiary/aromatic N) is 5. The van der Waals surface area contributed by atoms with Gasteiger partial charge in [0.25, 0.3) is 0 Å². The van der Waals surface area contributed by atoms with Gasteiger partial charge in [0.15, 0.2) is 0 Å². The zero-order valence-corrected chi connectivity index (χ0v) is 13.8. The van der Waals surface area contributed by atoms with Crippen molar-refractivity contribution in [1.29, 1.82) is 0 Å². The maximum absolute atomic E-state index is 12.5. The largest absolute Gasteiger partial charge is 0.401 e. The van der Waals surface area contributed by atoms with Gasteiger partial charge in [-0.15, -0.1) is 0 Å². The van der Waals surface area contributed by atoms with Gasteiger partial charge in [0.2, 0.25) is 11.7 Å². The second-order valence-electron chi connectivity index (χ2n) is 5.97. The number of aromatic nitrogens is 2. The van der Waals surface area contributed by atoms with Crippen molar-refractivity contribution in [2.45, 2.75) is 32.5 Å². The molecule has 1 aliphatic rings. The first-order valence-electron chi connectivity index (χ1n) is 7.91. The summed E-state index contributed by atoms with van der Waals surface area (Å²) in [6.07, 6.45) is -2.37. The van der Waals surface area contributed by atoms with Crippen LogP contribution < -0.4 is 0 Å². The van der Waals surface area contributed by atoms with Crippen LogP contribution in [0.3, 0.4) is 0 Å². The van der Waals surface area contributed by atoms with Gasteiger partial charge in [-0.2, -0.15) is 13.2 Å². The molecule has 1 aromatic heterocycles. The Morgan fingerprint density at radius 1 is 1.32 bits per heavy atom. The van der Waals surface area contributed by atoms with E-state index in [-0.39, 0.29) is 37.8 Å². The summed E-state index contributed by atoms with van der Waals surface area (Å²) in [5.41, 5.74) is 0. The molecule has 25 heavy (non-hydrogen) atoms. The Morgan fingerprint density at radius 3 is 2.64 bits per heavy atom. The van der Waals surface area contributed by atoms with E-state index in [0.717, 1.165) is 0 Å². The van der Waals surface area contributed by atoms with Crippen LogP contribution >= 0.6 is 0 Å². The fraction of sp³-hybridized carbons (Fsp3) is 0.714. The van der Waals surface area contributed by atoms with Gasteiger partial charge < -0.3 is 19.6 Å². The van der Waals surface area contributed by atoms with Crippen LogP contribution in [0.5, 0.6) is 0 Å². The standard InChI is InChI=1S/C14H20F3N5O3/c1-11-18-12(22(24)25)9-21(11)6-3-13(23)20-5-2-4-19(7-8-20)10-14(15,16)17/h9H,2-8,10H2,1H3. The molecule has 0 radical (unpaired) electrons. The minimum Gasteiger partial charge on any atom is -0.358 e. The van der Waals surface area contributed by atoms with E-state index in [9.17, 15) is 28.1 Å². The quantitative estimate of drug-likeness (QED) is 0.586. The number of rotatable bonds is 5. The average molecular weight is 363 g/mol. The number of hydrogen-bond acceptors (Lipinski definition) is 5. The Balaban J connectivity index is 1.86. The number of hydrogen-bond donors (Lipinski definition) is 0. The minimum absolute atomic E-state index is 0.119. The van der Waals surface area contributed by atoms with E-state index in [1.54, 1.807) is 11.8 Å². The molecule has 0 spiro atoms. The van der Waals surface area contributed by atoms with Crippen molar-refractivity contribution in [2.75, 3.05) is 32.7 Å². The van der Waals surface area contributed by atoms with Gasteiger partial charge in [-0.1, -0.05) is 0 Å². The number of aryl methyl sites for hydroxylation is 2. The van der Waals surface area contributed by atoms with Crippen LogP contribution in [0, 0.1) is 17.0 Å². The number of amides is 1. The summed E-state index contributed by atoms with van der Waals surface area (Å²) >= 11 is 0. The summed E-state index contributed by atoms with van der Waals surface area (Å²) in [4.78, 5) is 29.0. The molecule has 0 bridgehead atoms. The first kappa shape index (κ1) is 19.2. The molecule has 0 aromatic carbocycles. The van der Waals surface area contributed by atoms with Gasteiger partial charge in [0.05, 0.1) is 6.54 Å². The van der Waals surface area contributed by atoms with E-state index < -0.39 is 17.6 Å². The Hall–Kier alpha value is -2.17. The molecule has 140 valence electrons. The summed E-state index contributed by atoms with van der Waals surface area (Å²) in [5, 5.41) is 10.7. The van der Waals surface area contributed by atoms with E-state index in [4.69, 9.17) is 0 Å². The first-order chi connectivity index (χ1) is 11.7. The van der Waals surface area contributed by atoms with Crippen LogP contribution in [0.15, 0.2) is 6.20 Å². The third-order valence-corrected chi connectivity index (χ3v) is 4.06. The zero-order chi connectivity index (χ0) is 18.6. The molecule has 0 unspecified atom stereocenters. The van der Waals surface area contributed by atoms with E-state index in [1.165, 1.54) is 15.7 Å². The molecule has 1 aromatic rings. The van der Waals surface area contributed by atoms with E-state index in [0.29, 0.717) is 25.3 Å².